The molecule has 2 aliphatic heterocycles. The lowest BCUT2D eigenvalue weighted by Crippen LogP contribution is -2.47. The highest BCUT2D eigenvalue weighted by molar-refractivity contribution is 8.33. The number of fused-ring (bicyclic) bond motifs is 1. The van der Waals surface area contributed by atoms with Crippen molar-refractivity contribution in [3.05, 3.63) is 60.0 Å². The highest BCUT2D eigenvalue weighted by Crippen LogP contribution is 2.61. The smallest absolute Gasteiger partial charge is 0.151 e. The van der Waals surface area contributed by atoms with Gasteiger partial charge in [-0.2, -0.15) is 0 Å². The third-order valence-electron chi connectivity index (χ3n) is 4.64. The number of nitrogens with zero attached hydrogens (tertiary/aromatic N) is 2. The number of carbonyl (C=O) groups excluding carboxylic acids is 1. The summed E-state index contributed by atoms with van der Waals surface area (Å²) >= 11 is 3.97. The Bertz CT molecular complexity index is 833. The Labute approximate surface area is 144 Å². The number of para-hydroxylation sites is 1. The van der Waals surface area contributed by atoms with Crippen LogP contribution in [0.15, 0.2) is 54.3 Å². The van der Waals surface area contributed by atoms with Crippen molar-refractivity contribution in [1.29, 1.82) is 0 Å². The zero-order chi connectivity index (χ0) is 16.0. The van der Waals surface area contributed by atoms with Crippen molar-refractivity contribution < 1.29 is 4.79 Å². The minimum absolute atomic E-state index is 0.0239. The van der Waals surface area contributed by atoms with Crippen molar-refractivity contribution in [1.82, 2.24) is 9.47 Å². The van der Waals surface area contributed by atoms with Gasteiger partial charge in [0.25, 0.3) is 0 Å². The van der Waals surface area contributed by atoms with Gasteiger partial charge in [0.1, 0.15) is 4.08 Å². The number of rotatable bonds is 3. The maximum atomic E-state index is 11.0. The van der Waals surface area contributed by atoms with E-state index in [1.807, 2.05) is 35.8 Å². The predicted octanol–water partition coefficient (Wildman–Crippen LogP) is 3.72. The molecule has 5 heteroatoms. The summed E-state index contributed by atoms with van der Waals surface area (Å²) < 4.78 is 2.29. The Morgan fingerprint density at radius 3 is 2.65 bits per heavy atom. The van der Waals surface area contributed by atoms with E-state index in [0.717, 1.165) is 16.9 Å². The molecule has 1 atom stereocenters. The van der Waals surface area contributed by atoms with Crippen LogP contribution in [0.5, 0.6) is 0 Å². The number of carbonyl (C=O) groups is 1. The molecule has 2 aliphatic rings. The molecule has 1 aromatic carbocycles. The molecule has 0 amide bonds. The summed E-state index contributed by atoms with van der Waals surface area (Å²) in [7, 11) is 4.21. The van der Waals surface area contributed by atoms with Crippen molar-refractivity contribution >= 4 is 40.7 Å². The number of aromatic nitrogens is 1. The molecule has 4 rings (SSSR count). The fraction of sp³-hybridized carbons (Fsp3) is 0.278. The molecule has 1 fully saturated rings. The average Bonchev–Trinajstić information content (AvgIpc) is 2.86. The molecular formula is C18H18N2OS2. The van der Waals surface area contributed by atoms with Gasteiger partial charge in [-0.25, -0.2) is 0 Å². The number of likely N-dealkylation sites (N-methyl/N-ethyl adjacent to an activating group) is 1. The Kier molecular flexibility index (Phi) is 3.58. The number of hydrogen-bond donors (Lipinski definition) is 0. The van der Waals surface area contributed by atoms with Gasteiger partial charge in [0.2, 0.25) is 0 Å². The molecule has 1 aromatic heterocycles. The van der Waals surface area contributed by atoms with Gasteiger partial charge >= 0.3 is 0 Å². The predicted molar refractivity (Wildman–Crippen MR) is 99.5 cm³/mol. The molecule has 0 N–H and O–H groups in total. The minimum Gasteiger partial charge on any atom is -0.371 e. The first-order valence-corrected chi connectivity index (χ1v) is 9.53. The summed E-state index contributed by atoms with van der Waals surface area (Å²) in [4.78, 5) is 13.2. The highest BCUT2D eigenvalue weighted by Gasteiger charge is 2.50. The van der Waals surface area contributed by atoms with Crippen molar-refractivity contribution in [3.63, 3.8) is 0 Å². The third kappa shape index (κ3) is 2.17. The molecule has 23 heavy (non-hydrogen) atoms. The summed E-state index contributed by atoms with van der Waals surface area (Å²) in [5.74, 6) is 0. The molecule has 0 spiro atoms. The number of aldehydes is 1. The van der Waals surface area contributed by atoms with Crippen molar-refractivity contribution in [2.24, 2.45) is 7.05 Å². The van der Waals surface area contributed by atoms with Gasteiger partial charge in [0.05, 0.1) is 6.04 Å². The minimum atomic E-state index is -0.0239. The molecule has 2 aromatic rings. The van der Waals surface area contributed by atoms with Gasteiger partial charge in [-0.1, -0.05) is 30.4 Å². The summed E-state index contributed by atoms with van der Waals surface area (Å²) in [5.41, 5.74) is 3.33. The number of benzene rings is 1. The summed E-state index contributed by atoms with van der Waals surface area (Å²) in [5, 5.41) is 2.38. The lowest BCUT2D eigenvalue weighted by molar-refractivity contribution is -0.104. The number of allylic oxidation sites excluding steroid dienone is 2. The van der Waals surface area contributed by atoms with Crippen LogP contribution < -0.4 is 0 Å². The Morgan fingerprint density at radius 2 is 2.04 bits per heavy atom. The average molecular weight is 342 g/mol. The van der Waals surface area contributed by atoms with Crippen LogP contribution in [0.1, 0.15) is 5.69 Å². The fourth-order valence-corrected chi connectivity index (χ4v) is 6.45. The Balaban J connectivity index is 1.81. The SMILES string of the molecule is CN1C=C(C=O)C=CC1C1(c2cc3ccccc3n2C)SCS1. The Hall–Kier alpha value is -1.59. The summed E-state index contributed by atoms with van der Waals surface area (Å²) in [6.45, 7) is 0. The van der Waals surface area contributed by atoms with Crippen molar-refractivity contribution in [2.45, 2.75) is 10.1 Å². The molecule has 1 unspecified atom stereocenters. The Morgan fingerprint density at radius 1 is 1.26 bits per heavy atom. The quantitative estimate of drug-likeness (QED) is 0.794. The maximum absolute atomic E-state index is 11.0. The zero-order valence-corrected chi connectivity index (χ0v) is 14.7. The van der Waals surface area contributed by atoms with E-state index in [1.54, 1.807) is 0 Å². The fourth-order valence-electron chi connectivity index (χ4n) is 3.44. The van der Waals surface area contributed by atoms with Crippen LogP contribution in [0.2, 0.25) is 0 Å². The molecule has 3 nitrogen and oxygen atoms in total. The molecule has 118 valence electrons. The second-order valence-corrected chi connectivity index (χ2v) is 9.00. The number of thioether (sulfide) groups is 2. The second-order valence-electron chi connectivity index (χ2n) is 5.94. The molecule has 1 saturated heterocycles. The van der Waals surface area contributed by atoms with E-state index in [4.69, 9.17) is 0 Å². The highest BCUT2D eigenvalue weighted by atomic mass is 32.3. The molecule has 0 radical (unpaired) electrons. The largest absolute Gasteiger partial charge is 0.371 e. The second kappa shape index (κ2) is 5.49. The van der Waals surface area contributed by atoms with E-state index >= 15 is 0 Å². The molecule has 3 heterocycles. The lowest BCUT2D eigenvalue weighted by Gasteiger charge is -2.49. The van der Waals surface area contributed by atoms with Crippen LogP contribution in [-0.2, 0) is 15.9 Å². The van der Waals surface area contributed by atoms with E-state index in [0.29, 0.717) is 0 Å². The molecule has 0 saturated carbocycles. The zero-order valence-electron chi connectivity index (χ0n) is 13.1. The standard InChI is InChI=1S/C18H18N2OS2/c1-19-10-13(11-21)7-8-16(19)18(22-12-23-18)17-9-14-5-3-4-6-15(14)20(17)2/h3-11,16H,12H2,1-2H3. The van der Waals surface area contributed by atoms with Crippen LogP contribution in [0.25, 0.3) is 10.9 Å². The number of aryl methyl sites for hydroxylation is 1. The van der Waals surface area contributed by atoms with Crippen LogP contribution in [-0.4, -0.2) is 33.9 Å². The van der Waals surface area contributed by atoms with Crippen molar-refractivity contribution in [2.75, 3.05) is 12.1 Å². The van der Waals surface area contributed by atoms with E-state index in [9.17, 15) is 4.79 Å². The summed E-state index contributed by atoms with van der Waals surface area (Å²) in [6.07, 6.45) is 6.97. The van der Waals surface area contributed by atoms with Crippen molar-refractivity contribution in [3.8, 4) is 0 Å². The van der Waals surface area contributed by atoms with Gasteiger partial charge in [0, 0.05) is 42.2 Å². The monoisotopic (exact) mass is 342 g/mol. The topological polar surface area (TPSA) is 25.2 Å². The first kappa shape index (κ1) is 15.0. The normalized spacial score (nSPS) is 22.8. The van der Waals surface area contributed by atoms with Gasteiger partial charge < -0.3 is 9.47 Å². The van der Waals surface area contributed by atoms with Gasteiger partial charge in [-0.3, -0.25) is 4.79 Å². The van der Waals surface area contributed by atoms with Gasteiger partial charge in [-0.05, 0) is 17.5 Å². The first-order valence-electron chi connectivity index (χ1n) is 7.56. The first-order chi connectivity index (χ1) is 11.2. The number of hydrogen-bond acceptors (Lipinski definition) is 4. The molecule has 0 aliphatic carbocycles. The van der Waals surface area contributed by atoms with E-state index in [2.05, 4.69) is 60.0 Å². The van der Waals surface area contributed by atoms with E-state index in [-0.39, 0.29) is 10.1 Å². The molecular weight excluding hydrogens is 324 g/mol. The van der Waals surface area contributed by atoms with Crippen LogP contribution in [0.4, 0.5) is 0 Å². The van der Waals surface area contributed by atoms with E-state index < -0.39 is 0 Å². The van der Waals surface area contributed by atoms with Crippen LogP contribution in [0.3, 0.4) is 0 Å². The lowest BCUT2D eigenvalue weighted by atomic mass is 10.0. The van der Waals surface area contributed by atoms with Gasteiger partial charge in [-0.15, -0.1) is 23.5 Å². The van der Waals surface area contributed by atoms with Crippen LogP contribution >= 0.6 is 23.5 Å². The third-order valence-corrected chi connectivity index (χ3v) is 8.05. The van der Waals surface area contributed by atoms with Gasteiger partial charge in [0.15, 0.2) is 6.29 Å². The van der Waals surface area contributed by atoms with E-state index in [1.165, 1.54) is 16.6 Å². The maximum Gasteiger partial charge on any atom is 0.151 e. The van der Waals surface area contributed by atoms with Crippen LogP contribution in [0, 0.1) is 0 Å². The summed E-state index contributed by atoms with van der Waals surface area (Å²) in [6, 6.07) is 11.1. The molecule has 0 bridgehead atoms.